The second-order valence-corrected chi connectivity index (χ2v) is 6.71. The molecule has 0 aliphatic carbocycles. The molecule has 0 radical (unpaired) electrons. The average Bonchev–Trinajstić information content (AvgIpc) is 2.70. The van der Waals surface area contributed by atoms with Gasteiger partial charge in [0, 0.05) is 0 Å². The fourth-order valence-electron chi connectivity index (χ4n) is 3.09. The monoisotopic (exact) mass is 369 g/mol. The van der Waals surface area contributed by atoms with Gasteiger partial charge in [0.05, 0.1) is 13.2 Å². The molecule has 27 heavy (non-hydrogen) atoms. The van der Waals surface area contributed by atoms with Crippen LogP contribution in [0.3, 0.4) is 0 Å². The zero-order chi connectivity index (χ0) is 19.8. The van der Waals surface area contributed by atoms with E-state index in [4.69, 9.17) is 9.47 Å². The summed E-state index contributed by atoms with van der Waals surface area (Å²) in [4.78, 5) is 12.8. The molecule has 2 aromatic carbocycles. The zero-order valence-electron chi connectivity index (χ0n) is 17.0. The molecule has 1 amide bonds. The molecule has 0 aliphatic heterocycles. The molecule has 0 saturated heterocycles. The minimum Gasteiger partial charge on any atom is -0.496 e. The Morgan fingerprint density at radius 3 is 2.26 bits per heavy atom. The van der Waals surface area contributed by atoms with Crippen molar-refractivity contribution in [1.29, 1.82) is 0 Å². The van der Waals surface area contributed by atoms with Crippen molar-refractivity contribution in [2.24, 2.45) is 0 Å². The van der Waals surface area contributed by atoms with Crippen LogP contribution in [-0.2, 0) is 11.2 Å². The molecule has 0 fully saturated rings. The fraction of sp³-hybridized carbons (Fsp3) is 0.435. The van der Waals surface area contributed by atoms with Gasteiger partial charge in [0.1, 0.15) is 11.5 Å². The van der Waals surface area contributed by atoms with Gasteiger partial charge in [-0.25, -0.2) is 0 Å². The summed E-state index contributed by atoms with van der Waals surface area (Å²) in [5, 5.41) is 3.14. The van der Waals surface area contributed by atoms with Gasteiger partial charge in [-0.1, -0.05) is 45.0 Å². The third-order valence-electron chi connectivity index (χ3n) is 4.82. The number of hydrogen-bond acceptors (Lipinski definition) is 3. The van der Waals surface area contributed by atoms with Gasteiger partial charge in [0.25, 0.3) is 5.91 Å². The standard InChI is InChI=1S/C23H31NO3/c1-6-17-9-12-19(13-10-17)27-21(8-3)23(25)24-20(7-2)18-11-14-22(26-5)16(4)15-18/h9-15,20-21H,6-8H2,1-5H3,(H,24,25)/t20-,21-/m1/s1. The second kappa shape index (κ2) is 10.0. The lowest BCUT2D eigenvalue weighted by molar-refractivity contribution is -0.128. The number of carbonyl (C=O) groups excluding carboxylic acids is 1. The molecule has 2 aromatic rings. The normalized spacial score (nSPS) is 12.9. The molecule has 0 aliphatic rings. The van der Waals surface area contributed by atoms with E-state index in [9.17, 15) is 4.79 Å². The number of nitrogens with one attached hydrogen (secondary N) is 1. The SMILES string of the molecule is CCc1ccc(O[C@H](CC)C(=O)N[C@H](CC)c2ccc(OC)c(C)c2)cc1. The van der Waals surface area contributed by atoms with E-state index >= 15 is 0 Å². The second-order valence-electron chi connectivity index (χ2n) is 6.71. The number of methoxy groups -OCH3 is 1. The Kier molecular flexibility index (Phi) is 7.71. The van der Waals surface area contributed by atoms with Crippen LogP contribution in [0.1, 0.15) is 56.3 Å². The van der Waals surface area contributed by atoms with Gasteiger partial charge < -0.3 is 14.8 Å². The Hall–Kier alpha value is -2.49. The van der Waals surface area contributed by atoms with Crippen molar-refractivity contribution in [3.63, 3.8) is 0 Å². The summed E-state index contributed by atoms with van der Waals surface area (Å²) in [6.07, 6.45) is 1.89. The molecule has 0 aromatic heterocycles. The quantitative estimate of drug-likeness (QED) is 0.677. The number of hydrogen-bond donors (Lipinski definition) is 1. The van der Waals surface area contributed by atoms with Crippen molar-refractivity contribution < 1.29 is 14.3 Å². The third-order valence-corrected chi connectivity index (χ3v) is 4.82. The molecule has 2 atom stereocenters. The summed E-state index contributed by atoms with van der Waals surface area (Å²) in [5.74, 6) is 1.49. The number of ether oxygens (including phenoxy) is 2. The number of amides is 1. The van der Waals surface area contributed by atoms with E-state index in [2.05, 4.69) is 25.2 Å². The maximum Gasteiger partial charge on any atom is 0.261 e. The van der Waals surface area contributed by atoms with Gasteiger partial charge in [-0.3, -0.25) is 4.79 Å². The van der Waals surface area contributed by atoms with Gasteiger partial charge in [-0.2, -0.15) is 0 Å². The van der Waals surface area contributed by atoms with Crippen LogP contribution in [0.2, 0.25) is 0 Å². The minimum atomic E-state index is -0.508. The molecule has 0 bridgehead atoms. The zero-order valence-corrected chi connectivity index (χ0v) is 17.0. The van der Waals surface area contributed by atoms with Gasteiger partial charge in [-0.05, 0) is 61.1 Å². The lowest BCUT2D eigenvalue weighted by Gasteiger charge is -2.23. The molecule has 2 rings (SSSR count). The summed E-state index contributed by atoms with van der Waals surface area (Å²) >= 11 is 0. The summed E-state index contributed by atoms with van der Waals surface area (Å²) in [6.45, 7) is 8.15. The first-order valence-electron chi connectivity index (χ1n) is 9.72. The molecule has 0 unspecified atom stereocenters. The molecule has 1 N–H and O–H groups in total. The molecule has 0 spiro atoms. The first-order chi connectivity index (χ1) is 13.0. The Morgan fingerprint density at radius 2 is 1.74 bits per heavy atom. The van der Waals surface area contributed by atoms with Crippen LogP contribution in [0.4, 0.5) is 0 Å². The number of aryl methyl sites for hydroxylation is 2. The largest absolute Gasteiger partial charge is 0.496 e. The highest BCUT2D eigenvalue weighted by atomic mass is 16.5. The van der Waals surface area contributed by atoms with Gasteiger partial charge in [0.2, 0.25) is 0 Å². The van der Waals surface area contributed by atoms with Gasteiger partial charge in [-0.15, -0.1) is 0 Å². The summed E-state index contributed by atoms with van der Waals surface area (Å²) in [6, 6.07) is 13.9. The highest BCUT2D eigenvalue weighted by Gasteiger charge is 2.22. The van der Waals surface area contributed by atoms with Crippen LogP contribution in [0.15, 0.2) is 42.5 Å². The summed E-state index contributed by atoms with van der Waals surface area (Å²) in [5.41, 5.74) is 3.38. The van der Waals surface area contributed by atoms with Crippen LogP contribution < -0.4 is 14.8 Å². The highest BCUT2D eigenvalue weighted by molar-refractivity contribution is 5.81. The van der Waals surface area contributed by atoms with Crippen molar-refractivity contribution >= 4 is 5.91 Å². The smallest absolute Gasteiger partial charge is 0.261 e. The van der Waals surface area contributed by atoms with Crippen molar-refractivity contribution in [1.82, 2.24) is 5.32 Å². The van der Waals surface area contributed by atoms with E-state index < -0.39 is 6.10 Å². The first kappa shape index (κ1) is 20.8. The van der Waals surface area contributed by atoms with E-state index in [1.807, 2.05) is 50.2 Å². The Labute approximate surface area is 162 Å². The summed E-state index contributed by atoms with van der Waals surface area (Å²) in [7, 11) is 1.66. The number of carbonyl (C=O) groups is 1. The van der Waals surface area contributed by atoms with E-state index in [-0.39, 0.29) is 11.9 Å². The number of benzene rings is 2. The predicted octanol–water partition coefficient (Wildman–Crippen LogP) is 4.99. The molecule has 146 valence electrons. The van der Waals surface area contributed by atoms with Crippen LogP contribution in [0.25, 0.3) is 0 Å². The first-order valence-corrected chi connectivity index (χ1v) is 9.72. The van der Waals surface area contributed by atoms with Crippen molar-refractivity contribution in [2.75, 3.05) is 7.11 Å². The Bertz CT molecular complexity index is 740. The lowest BCUT2D eigenvalue weighted by Crippen LogP contribution is -2.40. The van der Waals surface area contributed by atoms with Crippen molar-refractivity contribution in [2.45, 2.75) is 59.1 Å². The fourth-order valence-corrected chi connectivity index (χ4v) is 3.09. The van der Waals surface area contributed by atoms with Gasteiger partial charge in [0.15, 0.2) is 6.10 Å². The van der Waals surface area contributed by atoms with E-state index in [0.717, 1.165) is 35.5 Å². The minimum absolute atomic E-state index is 0.0535. The van der Waals surface area contributed by atoms with Crippen LogP contribution in [0.5, 0.6) is 11.5 Å². The molecule has 4 nitrogen and oxygen atoms in total. The molecular formula is C23H31NO3. The Morgan fingerprint density at radius 1 is 1.04 bits per heavy atom. The maximum absolute atomic E-state index is 12.8. The predicted molar refractivity (Wildman–Crippen MR) is 109 cm³/mol. The van der Waals surface area contributed by atoms with E-state index in [1.165, 1.54) is 5.56 Å². The highest BCUT2D eigenvalue weighted by Crippen LogP contribution is 2.24. The summed E-state index contributed by atoms with van der Waals surface area (Å²) < 4.78 is 11.3. The van der Waals surface area contributed by atoms with Crippen molar-refractivity contribution in [3.8, 4) is 11.5 Å². The number of rotatable bonds is 9. The van der Waals surface area contributed by atoms with Crippen molar-refractivity contribution in [3.05, 3.63) is 59.2 Å². The topological polar surface area (TPSA) is 47.6 Å². The lowest BCUT2D eigenvalue weighted by atomic mass is 10.0. The van der Waals surface area contributed by atoms with Crippen LogP contribution in [0, 0.1) is 6.92 Å². The maximum atomic E-state index is 12.8. The average molecular weight is 370 g/mol. The third kappa shape index (κ3) is 5.49. The Balaban J connectivity index is 2.07. The van der Waals surface area contributed by atoms with Crippen LogP contribution in [-0.4, -0.2) is 19.1 Å². The molecular weight excluding hydrogens is 338 g/mol. The van der Waals surface area contributed by atoms with E-state index in [1.54, 1.807) is 7.11 Å². The molecule has 4 heteroatoms. The van der Waals surface area contributed by atoms with Crippen LogP contribution >= 0.6 is 0 Å². The molecule has 0 saturated carbocycles. The van der Waals surface area contributed by atoms with Gasteiger partial charge >= 0.3 is 0 Å². The molecule has 0 heterocycles. The van der Waals surface area contributed by atoms with E-state index in [0.29, 0.717) is 6.42 Å².